The minimum atomic E-state index is -3.44. The molecule has 124 valence electrons. The zero-order valence-electron chi connectivity index (χ0n) is 13.4. The van der Waals surface area contributed by atoms with Crippen molar-refractivity contribution in [3.05, 3.63) is 0 Å². The summed E-state index contributed by atoms with van der Waals surface area (Å²) < 4.78 is 29.4. The first kappa shape index (κ1) is 17.2. The highest BCUT2D eigenvalue weighted by molar-refractivity contribution is 7.89. The molecule has 0 saturated heterocycles. The van der Waals surface area contributed by atoms with Gasteiger partial charge in [0, 0.05) is 5.41 Å². The van der Waals surface area contributed by atoms with E-state index in [1.807, 2.05) is 0 Å². The average Bonchev–Trinajstić information content (AvgIpc) is 2.62. The number of ether oxygens (including phenoxy) is 1. The Morgan fingerprint density at radius 1 is 1.05 bits per heavy atom. The Bertz CT molecular complexity index is 405. The molecule has 2 aliphatic carbocycles. The largest absolute Gasteiger partial charge is 0.378 e. The van der Waals surface area contributed by atoms with E-state index in [1.165, 1.54) is 25.7 Å². The molecular formula is C16H31NO3S. The molecule has 0 amide bonds. The summed E-state index contributed by atoms with van der Waals surface area (Å²) in [6, 6.07) is 0. The van der Waals surface area contributed by atoms with Gasteiger partial charge in [-0.3, -0.25) is 0 Å². The summed E-state index contributed by atoms with van der Waals surface area (Å²) in [5, 5.41) is 5.35. The molecule has 0 aromatic heterocycles. The second-order valence-corrected chi connectivity index (χ2v) is 9.03. The Morgan fingerprint density at radius 3 is 2.14 bits per heavy atom. The zero-order chi connectivity index (χ0) is 15.3. The van der Waals surface area contributed by atoms with Gasteiger partial charge >= 0.3 is 0 Å². The van der Waals surface area contributed by atoms with E-state index in [1.54, 1.807) is 0 Å². The van der Waals surface area contributed by atoms with E-state index in [4.69, 9.17) is 9.88 Å². The van der Waals surface area contributed by atoms with Crippen LogP contribution in [-0.4, -0.2) is 26.9 Å². The van der Waals surface area contributed by atoms with Gasteiger partial charge in [0.1, 0.15) is 0 Å². The Morgan fingerprint density at radius 2 is 1.62 bits per heavy atom. The first-order valence-corrected chi connectivity index (χ1v) is 10.2. The van der Waals surface area contributed by atoms with Crippen LogP contribution in [0, 0.1) is 11.3 Å². The molecule has 21 heavy (non-hydrogen) atoms. The minimum absolute atomic E-state index is 0.0864. The van der Waals surface area contributed by atoms with Gasteiger partial charge in [0.2, 0.25) is 10.0 Å². The molecule has 5 heteroatoms. The summed E-state index contributed by atoms with van der Waals surface area (Å²) in [6.07, 6.45) is 11.5. The van der Waals surface area contributed by atoms with Crippen LogP contribution in [-0.2, 0) is 14.8 Å². The molecular weight excluding hydrogens is 286 g/mol. The Hall–Kier alpha value is -0.130. The summed E-state index contributed by atoms with van der Waals surface area (Å²) in [5.74, 6) is 0.893. The van der Waals surface area contributed by atoms with Crippen molar-refractivity contribution in [1.29, 1.82) is 0 Å². The fourth-order valence-corrected chi connectivity index (χ4v) is 5.15. The summed E-state index contributed by atoms with van der Waals surface area (Å²) in [5.41, 5.74) is -0.243. The predicted octanol–water partition coefficient (Wildman–Crippen LogP) is 3.21. The first-order chi connectivity index (χ1) is 9.89. The molecule has 0 bridgehead atoms. The van der Waals surface area contributed by atoms with Crippen molar-refractivity contribution < 1.29 is 13.2 Å². The molecule has 0 atom stereocenters. The molecule has 4 nitrogen and oxygen atoms in total. The summed E-state index contributed by atoms with van der Waals surface area (Å²) in [6.45, 7) is 2.87. The van der Waals surface area contributed by atoms with E-state index in [9.17, 15) is 8.42 Å². The molecule has 0 aromatic carbocycles. The lowest BCUT2D eigenvalue weighted by molar-refractivity contribution is -0.0290. The molecule has 2 saturated carbocycles. The van der Waals surface area contributed by atoms with Crippen LogP contribution >= 0.6 is 0 Å². The van der Waals surface area contributed by atoms with Crippen molar-refractivity contribution in [2.45, 2.75) is 77.2 Å². The lowest BCUT2D eigenvalue weighted by Crippen LogP contribution is -2.39. The lowest BCUT2D eigenvalue weighted by atomic mass is 9.83. The van der Waals surface area contributed by atoms with Crippen molar-refractivity contribution in [3.63, 3.8) is 0 Å². The maximum atomic E-state index is 11.6. The number of primary sulfonamides is 1. The molecule has 2 rings (SSSR count). The number of sulfonamides is 1. The maximum Gasteiger partial charge on any atom is 0.209 e. The van der Waals surface area contributed by atoms with E-state index in [0.717, 1.165) is 44.4 Å². The van der Waals surface area contributed by atoms with Gasteiger partial charge in [0.25, 0.3) is 0 Å². The molecule has 0 heterocycles. The summed E-state index contributed by atoms with van der Waals surface area (Å²) in [4.78, 5) is 0. The van der Waals surface area contributed by atoms with Gasteiger partial charge < -0.3 is 4.74 Å². The third-order valence-corrected chi connectivity index (χ3v) is 6.27. The SMILES string of the molecule is CC1CCC(OCC2(CS(N)(=O)=O)CCCCCC2)CC1. The van der Waals surface area contributed by atoms with Crippen molar-refractivity contribution in [3.8, 4) is 0 Å². The quantitative estimate of drug-likeness (QED) is 0.792. The third-order valence-electron chi connectivity index (χ3n) is 5.26. The second kappa shape index (κ2) is 7.42. The van der Waals surface area contributed by atoms with Gasteiger partial charge in [-0.25, -0.2) is 13.6 Å². The summed E-state index contributed by atoms with van der Waals surface area (Å²) in [7, 11) is -3.44. The van der Waals surface area contributed by atoms with Crippen molar-refractivity contribution in [1.82, 2.24) is 0 Å². The topological polar surface area (TPSA) is 69.4 Å². The van der Waals surface area contributed by atoms with Crippen LogP contribution in [0.3, 0.4) is 0 Å². The Labute approximate surface area is 129 Å². The molecule has 0 radical (unpaired) electrons. The molecule has 0 unspecified atom stereocenters. The fourth-order valence-electron chi connectivity index (χ4n) is 3.93. The second-order valence-electron chi connectivity index (χ2n) is 7.41. The molecule has 0 aromatic rings. The molecule has 2 fully saturated rings. The standard InChI is InChI=1S/C16H31NO3S/c1-14-6-8-15(9-7-14)20-12-16(13-21(17,18)19)10-4-2-3-5-11-16/h14-15H,2-13H2,1H3,(H2,17,18,19). The average molecular weight is 317 g/mol. The van der Waals surface area contributed by atoms with Gasteiger partial charge in [-0.2, -0.15) is 0 Å². The van der Waals surface area contributed by atoms with Crippen LogP contribution in [0.4, 0.5) is 0 Å². The monoisotopic (exact) mass is 317 g/mol. The highest BCUT2D eigenvalue weighted by Crippen LogP contribution is 2.37. The van der Waals surface area contributed by atoms with Crippen LogP contribution in [0.5, 0.6) is 0 Å². The van der Waals surface area contributed by atoms with Gasteiger partial charge in [0.15, 0.2) is 0 Å². The summed E-state index contributed by atoms with van der Waals surface area (Å²) >= 11 is 0. The molecule has 2 aliphatic rings. The fraction of sp³-hybridized carbons (Fsp3) is 1.00. The van der Waals surface area contributed by atoms with Gasteiger partial charge in [0.05, 0.1) is 18.5 Å². The Kier molecular flexibility index (Phi) is 6.09. The minimum Gasteiger partial charge on any atom is -0.378 e. The third kappa shape index (κ3) is 5.87. The van der Waals surface area contributed by atoms with Crippen LogP contribution in [0.25, 0.3) is 0 Å². The van der Waals surface area contributed by atoms with Crippen LogP contribution in [0.1, 0.15) is 71.1 Å². The predicted molar refractivity (Wildman–Crippen MR) is 85.5 cm³/mol. The first-order valence-electron chi connectivity index (χ1n) is 8.51. The van der Waals surface area contributed by atoms with E-state index >= 15 is 0 Å². The highest BCUT2D eigenvalue weighted by atomic mass is 32.2. The van der Waals surface area contributed by atoms with Crippen LogP contribution in [0.2, 0.25) is 0 Å². The van der Waals surface area contributed by atoms with Crippen molar-refractivity contribution in [2.24, 2.45) is 16.5 Å². The van der Waals surface area contributed by atoms with Gasteiger partial charge in [-0.15, -0.1) is 0 Å². The molecule has 2 N–H and O–H groups in total. The Balaban J connectivity index is 1.95. The number of nitrogens with two attached hydrogens (primary N) is 1. The zero-order valence-corrected chi connectivity index (χ0v) is 14.2. The van der Waals surface area contributed by atoms with Gasteiger partial charge in [-0.1, -0.05) is 32.6 Å². The highest BCUT2D eigenvalue weighted by Gasteiger charge is 2.36. The molecule has 0 spiro atoms. The number of hydrogen-bond acceptors (Lipinski definition) is 3. The van der Waals surface area contributed by atoms with Crippen LogP contribution in [0.15, 0.2) is 0 Å². The van der Waals surface area contributed by atoms with Crippen molar-refractivity contribution in [2.75, 3.05) is 12.4 Å². The van der Waals surface area contributed by atoms with Crippen molar-refractivity contribution >= 4 is 10.0 Å². The van der Waals surface area contributed by atoms with E-state index in [0.29, 0.717) is 12.7 Å². The smallest absolute Gasteiger partial charge is 0.209 e. The normalized spacial score (nSPS) is 30.8. The number of rotatable bonds is 5. The number of hydrogen-bond donors (Lipinski definition) is 1. The van der Waals surface area contributed by atoms with E-state index in [2.05, 4.69) is 6.92 Å². The van der Waals surface area contributed by atoms with Crippen LogP contribution < -0.4 is 5.14 Å². The lowest BCUT2D eigenvalue weighted by Gasteiger charge is -2.35. The van der Waals surface area contributed by atoms with E-state index in [-0.39, 0.29) is 11.2 Å². The molecule has 0 aliphatic heterocycles. The maximum absolute atomic E-state index is 11.6. The van der Waals surface area contributed by atoms with E-state index < -0.39 is 10.0 Å². The van der Waals surface area contributed by atoms with Gasteiger partial charge in [-0.05, 0) is 44.4 Å².